The van der Waals surface area contributed by atoms with Crippen LogP contribution in [0.1, 0.15) is 62.1 Å². The van der Waals surface area contributed by atoms with Crippen LogP contribution in [0, 0.1) is 0 Å². The van der Waals surface area contributed by atoms with Crippen molar-refractivity contribution in [2.45, 2.75) is 25.5 Å². The van der Waals surface area contributed by atoms with Crippen LogP contribution in [-0.2, 0) is 0 Å². The molecule has 12 rings (SSSR count). The van der Waals surface area contributed by atoms with Gasteiger partial charge in [-0.05, 0) is 160 Å². The lowest BCUT2D eigenvalue weighted by Crippen LogP contribution is -2.31. The number of hydrogen-bond donors (Lipinski definition) is 9. The van der Waals surface area contributed by atoms with E-state index >= 15 is 0 Å². The van der Waals surface area contributed by atoms with Crippen molar-refractivity contribution in [3.8, 4) is 67.8 Å². The summed E-state index contributed by atoms with van der Waals surface area (Å²) in [6.07, 6.45) is 1.65. The fourth-order valence-electron chi connectivity index (χ4n) is 10.5. The van der Waals surface area contributed by atoms with E-state index in [2.05, 4.69) is 94.6 Å². The van der Waals surface area contributed by atoms with Crippen LogP contribution in [0.15, 0.2) is 170 Å². The molecule has 4 heterocycles. The summed E-state index contributed by atoms with van der Waals surface area (Å²) in [5.74, 6) is 2.52. The number of carbonyl (C=O) groups is 3. The Morgan fingerprint density at radius 3 is 0.989 bits per heavy atom. The van der Waals surface area contributed by atoms with Crippen LogP contribution in [-0.4, -0.2) is 140 Å². The number of amides is 3. The Morgan fingerprint density at radius 1 is 0.379 bits per heavy atom. The molecule has 1 unspecified atom stereocenters. The maximum absolute atomic E-state index is 13.1. The smallest absolute Gasteiger partial charge is 0.251 e. The molecule has 18 heteroatoms. The molecule has 0 saturated heterocycles. The van der Waals surface area contributed by atoms with Gasteiger partial charge >= 0.3 is 0 Å². The summed E-state index contributed by atoms with van der Waals surface area (Å²) < 4.78 is 0. The molecule has 0 saturated carbocycles. The Morgan fingerprint density at radius 2 is 0.667 bits per heavy atom. The standard InChI is InChI=1S/C69H68N14O4/c1-82(2)36-34-72-68(86)48-20-12-44(13-21-48)64-76-56-30-26-52(40-60(56)80-64)50-24-28-54-58(38-50)78-62(74-54)42-8-16-46(17-9-42)66(84)70-32-6-5-7-33-71-67(85)47-18-10-43(11-19-47)63-75-55-29-25-51(39-59(55)79-63)53-27-31-57-61(41-53)81-65(77-57)45-14-22-49(23-15-45)69(87)73-35-37-83(3)4/h8-31,38-41,68,72,86H,5-7,32-37H2,1-4H3,(H,70,84)(H,71,85)(H,73,87)(H,74,78)(H,75,79)(H,76,80)(H,77,81). The molecule has 0 spiro atoms. The quantitative estimate of drug-likeness (QED) is 0.0216. The van der Waals surface area contributed by atoms with Gasteiger partial charge in [0.2, 0.25) is 0 Å². The number of nitrogens with one attached hydrogen (secondary N) is 8. The second-order valence-electron chi connectivity index (χ2n) is 22.4. The third-order valence-electron chi connectivity index (χ3n) is 15.5. The number of aliphatic hydroxyl groups excluding tert-OH is 1. The van der Waals surface area contributed by atoms with Gasteiger partial charge in [-0.3, -0.25) is 19.7 Å². The Kier molecular flexibility index (Phi) is 16.9. The summed E-state index contributed by atoms with van der Waals surface area (Å²) in [4.78, 5) is 76.2. The second-order valence-corrected chi connectivity index (χ2v) is 22.4. The predicted molar refractivity (Wildman–Crippen MR) is 345 cm³/mol. The summed E-state index contributed by atoms with van der Waals surface area (Å²) in [5.41, 5.74) is 17.1. The van der Waals surface area contributed by atoms with Crippen molar-refractivity contribution in [3.05, 3.63) is 192 Å². The first-order chi connectivity index (χ1) is 42.3. The number of aliphatic hydroxyl groups is 1. The Labute approximate surface area is 502 Å². The number of nitrogens with zero attached hydrogens (tertiary/aromatic N) is 6. The molecular formula is C69H68N14O4. The molecule has 3 amide bonds. The Balaban J connectivity index is 0.575. The van der Waals surface area contributed by atoms with Crippen LogP contribution in [0.5, 0.6) is 0 Å². The lowest BCUT2D eigenvalue weighted by Gasteiger charge is -2.15. The van der Waals surface area contributed by atoms with Crippen LogP contribution in [0.25, 0.3) is 112 Å². The molecule has 4 aromatic heterocycles. The lowest BCUT2D eigenvalue weighted by atomic mass is 10.0. The highest BCUT2D eigenvalue weighted by Crippen LogP contribution is 2.32. The van der Waals surface area contributed by atoms with Gasteiger partial charge in [-0.25, -0.2) is 19.9 Å². The summed E-state index contributed by atoms with van der Waals surface area (Å²) in [6.45, 7) is 3.91. The van der Waals surface area contributed by atoms with Crippen LogP contribution in [0.3, 0.4) is 0 Å². The molecule has 0 bridgehead atoms. The van der Waals surface area contributed by atoms with Gasteiger partial charge in [0.05, 0.1) is 44.1 Å². The molecule has 12 aromatic rings. The van der Waals surface area contributed by atoms with Gasteiger partial charge in [0.25, 0.3) is 17.7 Å². The van der Waals surface area contributed by atoms with Crippen molar-refractivity contribution in [1.29, 1.82) is 0 Å². The van der Waals surface area contributed by atoms with Crippen LogP contribution in [0.2, 0.25) is 0 Å². The summed E-state index contributed by atoms with van der Waals surface area (Å²) in [7, 11) is 7.95. The zero-order valence-corrected chi connectivity index (χ0v) is 49.0. The van der Waals surface area contributed by atoms with E-state index in [1.807, 2.05) is 154 Å². The van der Waals surface area contributed by atoms with Gasteiger partial charge < -0.3 is 50.8 Å². The van der Waals surface area contributed by atoms with Crippen LogP contribution >= 0.6 is 0 Å². The van der Waals surface area contributed by atoms with E-state index in [9.17, 15) is 19.5 Å². The van der Waals surface area contributed by atoms with Crippen LogP contribution in [0.4, 0.5) is 0 Å². The highest BCUT2D eigenvalue weighted by atomic mass is 16.3. The number of hydrogen-bond acceptors (Lipinski definition) is 11. The van der Waals surface area contributed by atoms with E-state index in [1.54, 1.807) is 0 Å². The molecule has 18 nitrogen and oxygen atoms in total. The Hall–Kier alpha value is -10.1. The van der Waals surface area contributed by atoms with E-state index in [1.165, 1.54) is 0 Å². The van der Waals surface area contributed by atoms with Gasteiger partial charge in [-0.15, -0.1) is 0 Å². The van der Waals surface area contributed by atoms with Crippen molar-refractivity contribution in [2.75, 3.05) is 67.5 Å². The number of benzene rings is 8. The largest absolute Gasteiger partial charge is 0.374 e. The average Bonchev–Trinajstić information content (AvgIpc) is 2.50. The first kappa shape index (κ1) is 57.3. The number of aromatic nitrogens is 8. The Bertz CT molecular complexity index is 4410. The van der Waals surface area contributed by atoms with Gasteiger partial charge in [0, 0.05) is 78.2 Å². The normalized spacial score (nSPS) is 12.0. The minimum atomic E-state index is -0.740. The predicted octanol–water partition coefficient (Wildman–Crippen LogP) is 11.0. The monoisotopic (exact) mass is 1160 g/mol. The van der Waals surface area contributed by atoms with Gasteiger partial charge in [0.1, 0.15) is 29.5 Å². The third-order valence-corrected chi connectivity index (χ3v) is 15.5. The molecule has 8 aromatic carbocycles. The van der Waals surface area contributed by atoms with E-state index in [0.717, 1.165) is 138 Å². The van der Waals surface area contributed by atoms with Gasteiger partial charge in [0.15, 0.2) is 0 Å². The molecule has 438 valence electrons. The minimum absolute atomic E-state index is 0.0999. The van der Waals surface area contributed by atoms with Crippen molar-refractivity contribution < 1.29 is 19.5 Å². The van der Waals surface area contributed by atoms with E-state index < -0.39 is 6.23 Å². The van der Waals surface area contributed by atoms with E-state index in [0.29, 0.717) is 54.5 Å². The molecule has 0 fully saturated rings. The number of H-pyrrole nitrogens is 4. The highest BCUT2D eigenvalue weighted by Gasteiger charge is 2.16. The number of likely N-dealkylation sites (N-methyl/N-ethyl adjacent to an activating group) is 2. The molecule has 0 radical (unpaired) electrons. The average molecular weight is 1160 g/mol. The minimum Gasteiger partial charge on any atom is -0.374 e. The molecule has 0 aliphatic rings. The highest BCUT2D eigenvalue weighted by molar-refractivity contribution is 5.97. The molecule has 0 aliphatic heterocycles. The zero-order valence-electron chi connectivity index (χ0n) is 49.0. The molecule has 87 heavy (non-hydrogen) atoms. The fourth-order valence-corrected chi connectivity index (χ4v) is 10.5. The maximum atomic E-state index is 13.1. The number of carbonyl (C=O) groups excluding carboxylic acids is 3. The van der Waals surface area contributed by atoms with Crippen molar-refractivity contribution in [3.63, 3.8) is 0 Å². The van der Waals surface area contributed by atoms with Crippen LogP contribution < -0.4 is 21.3 Å². The summed E-state index contributed by atoms with van der Waals surface area (Å²) in [6, 6.07) is 54.8. The van der Waals surface area contributed by atoms with Gasteiger partial charge in [-0.1, -0.05) is 84.9 Å². The van der Waals surface area contributed by atoms with E-state index in [4.69, 9.17) is 19.9 Å². The topological polar surface area (TPSA) is 241 Å². The van der Waals surface area contributed by atoms with Crippen molar-refractivity contribution >= 4 is 61.9 Å². The molecule has 9 N–H and O–H groups in total. The number of imidazole rings is 4. The first-order valence-electron chi connectivity index (χ1n) is 29.3. The van der Waals surface area contributed by atoms with Crippen molar-refractivity contribution in [2.24, 2.45) is 0 Å². The SMILES string of the molecule is CN(C)CCNC(=O)c1ccc(-c2nc3cc(-c4ccc5[nH]c(-c6ccc(C(=O)NCCCCCNC(=O)c7ccc(-c8nc9cc(-c%10ccc%11[nH]c(-c%12ccc(C(O)NCCN(C)C)cc%12)nc%11c%10)ccc9[nH]8)cc7)cc6)nc5c4)ccc3[nH]2)cc1. The van der Waals surface area contributed by atoms with E-state index in [-0.39, 0.29) is 17.7 Å². The first-order valence-corrected chi connectivity index (χ1v) is 29.3. The number of aromatic amines is 4. The van der Waals surface area contributed by atoms with Gasteiger partial charge in [-0.2, -0.15) is 0 Å². The lowest BCUT2D eigenvalue weighted by molar-refractivity contribution is 0.0942. The van der Waals surface area contributed by atoms with Crippen molar-refractivity contribution in [1.82, 2.24) is 70.9 Å². The summed E-state index contributed by atoms with van der Waals surface area (Å²) in [5, 5.41) is 22.7. The molecule has 0 aliphatic carbocycles. The second kappa shape index (κ2) is 25.6. The summed E-state index contributed by atoms with van der Waals surface area (Å²) >= 11 is 0. The molecule has 1 atom stereocenters. The fraction of sp³-hybridized carbons (Fsp3) is 0.203. The maximum Gasteiger partial charge on any atom is 0.251 e. The number of unbranched alkanes of at least 4 members (excludes halogenated alkanes) is 2. The third kappa shape index (κ3) is 13.4. The zero-order chi connectivity index (χ0) is 60.0. The molecular weight excluding hydrogens is 1090 g/mol. The number of rotatable bonds is 23. The number of fused-ring (bicyclic) bond motifs is 4.